The average Bonchev–Trinajstić information content (AvgIpc) is 3.38. The summed E-state index contributed by atoms with van der Waals surface area (Å²) in [6.07, 6.45) is 2.92. The summed E-state index contributed by atoms with van der Waals surface area (Å²) >= 11 is 0. The first-order valence-corrected chi connectivity index (χ1v) is 8.95. The van der Waals surface area contributed by atoms with Crippen LogP contribution < -0.4 is 5.73 Å². The third-order valence-corrected chi connectivity index (χ3v) is 5.39. The van der Waals surface area contributed by atoms with E-state index < -0.39 is 5.91 Å². The molecule has 132 valence electrons. The zero-order valence-electron chi connectivity index (χ0n) is 15.1. The maximum absolute atomic E-state index is 11.6. The van der Waals surface area contributed by atoms with Gasteiger partial charge in [-0.3, -0.25) is 4.79 Å². The summed E-state index contributed by atoms with van der Waals surface area (Å²) in [5.41, 5.74) is 9.20. The van der Waals surface area contributed by atoms with E-state index in [0.717, 1.165) is 42.0 Å². The number of benzene rings is 2. The Labute approximate surface area is 152 Å². The molecule has 2 N–H and O–H groups in total. The van der Waals surface area contributed by atoms with E-state index in [1.54, 1.807) is 6.07 Å². The van der Waals surface area contributed by atoms with Crippen molar-refractivity contribution in [1.82, 2.24) is 14.8 Å². The van der Waals surface area contributed by atoms with Gasteiger partial charge in [0.05, 0.1) is 5.41 Å². The van der Waals surface area contributed by atoms with Crippen LogP contribution >= 0.6 is 0 Å². The van der Waals surface area contributed by atoms with Crippen LogP contribution in [0.5, 0.6) is 0 Å². The number of aryl methyl sites for hydroxylation is 1. The minimum Gasteiger partial charge on any atom is -0.366 e. The van der Waals surface area contributed by atoms with Gasteiger partial charge in [-0.15, -0.1) is 10.2 Å². The fraction of sp³-hybridized carbons (Fsp3) is 0.286. The molecule has 1 heterocycles. The second-order valence-electron chi connectivity index (χ2n) is 6.94. The monoisotopic (exact) mass is 346 g/mol. The highest BCUT2D eigenvalue weighted by Crippen LogP contribution is 2.52. The maximum atomic E-state index is 11.6. The molecule has 1 aliphatic carbocycles. The first-order chi connectivity index (χ1) is 12.6. The van der Waals surface area contributed by atoms with Crippen molar-refractivity contribution in [3.05, 3.63) is 71.0 Å². The van der Waals surface area contributed by atoms with Gasteiger partial charge >= 0.3 is 0 Å². The predicted molar refractivity (Wildman–Crippen MR) is 101 cm³/mol. The number of amides is 1. The lowest BCUT2D eigenvalue weighted by atomic mass is 9.95. The Hall–Kier alpha value is -2.95. The van der Waals surface area contributed by atoms with E-state index in [9.17, 15) is 4.79 Å². The summed E-state index contributed by atoms with van der Waals surface area (Å²) in [6.45, 7) is 2.02. The molecular formula is C21H22N4O. The fourth-order valence-electron chi connectivity index (χ4n) is 3.79. The van der Waals surface area contributed by atoms with Crippen LogP contribution in [0, 0.1) is 0 Å². The van der Waals surface area contributed by atoms with Crippen LogP contribution in [0.1, 0.15) is 47.1 Å². The lowest BCUT2D eigenvalue weighted by molar-refractivity contribution is 0.0999. The molecule has 2 aromatic carbocycles. The van der Waals surface area contributed by atoms with Crippen molar-refractivity contribution in [3.8, 4) is 11.4 Å². The minimum absolute atomic E-state index is 0.0258. The number of primary amides is 1. The van der Waals surface area contributed by atoms with E-state index in [2.05, 4.69) is 39.0 Å². The second-order valence-corrected chi connectivity index (χ2v) is 6.94. The van der Waals surface area contributed by atoms with Crippen molar-refractivity contribution in [2.75, 3.05) is 0 Å². The SMILES string of the molecule is CCc1cc(-c2nnc(C3(c4ccccc4)CC3)n2C)ccc1C(N)=O. The topological polar surface area (TPSA) is 73.8 Å². The van der Waals surface area contributed by atoms with Gasteiger partial charge in [0.25, 0.3) is 0 Å². The Morgan fingerprint density at radius 2 is 1.88 bits per heavy atom. The van der Waals surface area contributed by atoms with Crippen molar-refractivity contribution in [2.45, 2.75) is 31.6 Å². The molecule has 0 unspecified atom stereocenters. The molecule has 0 aliphatic heterocycles. The van der Waals surface area contributed by atoms with Gasteiger partial charge in [0.2, 0.25) is 5.91 Å². The van der Waals surface area contributed by atoms with Gasteiger partial charge in [-0.2, -0.15) is 0 Å². The average molecular weight is 346 g/mol. The van der Waals surface area contributed by atoms with Gasteiger partial charge in [0, 0.05) is 18.2 Å². The molecule has 1 fully saturated rings. The molecule has 5 nitrogen and oxygen atoms in total. The maximum Gasteiger partial charge on any atom is 0.248 e. The highest BCUT2D eigenvalue weighted by molar-refractivity contribution is 5.94. The molecule has 26 heavy (non-hydrogen) atoms. The van der Waals surface area contributed by atoms with Crippen LogP contribution in [-0.2, 0) is 18.9 Å². The van der Waals surface area contributed by atoms with Crippen LogP contribution in [0.25, 0.3) is 11.4 Å². The van der Waals surface area contributed by atoms with Crippen LogP contribution in [0.4, 0.5) is 0 Å². The molecule has 3 aromatic rings. The summed E-state index contributed by atoms with van der Waals surface area (Å²) in [6, 6.07) is 16.2. The van der Waals surface area contributed by atoms with Crippen molar-refractivity contribution >= 4 is 5.91 Å². The zero-order valence-corrected chi connectivity index (χ0v) is 15.1. The summed E-state index contributed by atoms with van der Waals surface area (Å²) in [4.78, 5) is 11.6. The van der Waals surface area contributed by atoms with Gasteiger partial charge in [-0.05, 0) is 42.5 Å². The molecule has 1 aliphatic rings. The number of nitrogens with zero attached hydrogens (tertiary/aromatic N) is 3. The molecule has 0 atom stereocenters. The summed E-state index contributed by atoms with van der Waals surface area (Å²) in [5.74, 6) is 1.41. The number of hydrogen-bond acceptors (Lipinski definition) is 3. The van der Waals surface area contributed by atoms with E-state index >= 15 is 0 Å². The van der Waals surface area contributed by atoms with E-state index in [-0.39, 0.29) is 5.41 Å². The van der Waals surface area contributed by atoms with Crippen LogP contribution in [-0.4, -0.2) is 20.7 Å². The highest BCUT2D eigenvalue weighted by atomic mass is 16.1. The summed E-state index contributed by atoms with van der Waals surface area (Å²) in [7, 11) is 2.02. The molecule has 1 aromatic heterocycles. The standard InChI is InChI=1S/C21H22N4O/c1-3-14-13-15(9-10-17(14)18(22)26)19-23-24-20(25(19)2)21(11-12-21)16-7-5-4-6-8-16/h4-10,13H,3,11-12H2,1-2H3,(H2,22,26). The second kappa shape index (κ2) is 6.09. The van der Waals surface area contributed by atoms with Crippen molar-refractivity contribution in [1.29, 1.82) is 0 Å². The molecule has 4 rings (SSSR count). The van der Waals surface area contributed by atoms with Gasteiger partial charge in [0.1, 0.15) is 5.82 Å². The number of carbonyl (C=O) groups excluding carboxylic acids is 1. The van der Waals surface area contributed by atoms with E-state index in [1.807, 2.05) is 32.2 Å². The van der Waals surface area contributed by atoms with Crippen LogP contribution in [0.15, 0.2) is 48.5 Å². The molecule has 0 spiro atoms. The Bertz CT molecular complexity index is 971. The number of aromatic nitrogens is 3. The summed E-state index contributed by atoms with van der Waals surface area (Å²) in [5, 5.41) is 9.00. The lowest BCUT2D eigenvalue weighted by Crippen LogP contribution is -2.15. The lowest BCUT2D eigenvalue weighted by Gasteiger charge is -2.15. The number of carbonyl (C=O) groups is 1. The minimum atomic E-state index is -0.395. The van der Waals surface area contributed by atoms with Crippen molar-refractivity contribution in [3.63, 3.8) is 0 Å². The molecule has 1 amide bonds. The Balaban J connectivity index is 1.76. The Kier molecular flexibility index (Phi) is 3.87. The van der Waals surface area contributed by atoms with Crippen LogP contribution in [0.3, 0.4) is 0 Å². The van der Waals surface area contributed by atoms with E-state index in [0.29, 0.717) is 5.56 Å². The first-order valence-electron chi connectivity index (χ1n) is 8.95. The normalized spacial score (nSPS) is 15.0. The predicted octanol–water partition coefficient (Wildman–Crippen LogP) is 3.22. The van der Waals surface area contributed by atoms with Crippen LogP contribution in [0.2, 0.25) is 0 Å². The molecule has 0 radical (unpaired) electrons. The van der Waals surface area contributed by atoms with Gasteiger partial charge in [-0.1, -0.05) is 43.3 Å². The van der Waals surface area contributed by atoms with Gasteiger partial charge < -0.3 is 10.3 Å². The Morgan fingerprint density at radius 1 is 1.15 bits per heavy atom. The molecule has 5 heteroatoms. The van der Waals surface area contributed by atoms with Crippen molar-refractivity contribution in [2.24, 2.45) is 12.8 Å². The number of hydrogen-bond donors (Lipinski definition) is 1. The fourth-order valence-corrected chi connectivity index (χ4v) is 3.79. The van der Waals surface area contributed by atoms with Crippen molar-refractivity contribution < 1.29 is 4.79 Å². The van der Waals surface area contributed by atoms with E-state index in [4.69, 9.17) is 5.73 Å². The number of rotatable bonds is 5. The molecular weight excluding hydrogens is 324 g/mol. The van der Waals surface area contributed by atoms with Gasteiger partial charge in [-0.25, -0.2) is 0 Å². The zero-order chi connectivity index (χ0) is 18.3. The van der Waals surface area contributed by atoms with E-state index in [1.165, 1.54) is 5.56 Å². The quantitative estimate of drug-likeness (QED) is 0.771. The molecule has 0 bridgehead atoms. The third-order valence-electron chi connectivity index (χ3n) is 5.39. The number of nitrogens with two attached hydrogens (primary N) is 1. The summed E-state index contributed by atoms with van der Waals surface area (Å²) < 4.78 is 2.08. The largest absolute Gasteiger partial charge is 0.366 e. The smallest absolute Gasteiger partial charge is 0.248 e. The first kappa shape index (κ1) is 16.5. The Morgan fingerprint density at radius 3 is 2.50 bits per heavy atom. The third kappa shape index (κ3) is 2.51. The highest BCUT2D eigenvalue weighted by Gasteiger charge is 2.49. The molecule has 1 saturated carbocycles. The van der Waals surface area contributed by atoms with Gasteiger partial charge in [0.15, 0.2) is 5.82 Å². The molecule has 0 saturated heterocycles.